The highest BCUT2D eigenvalue weighted by Gasteiger charge is 1.97. The molecule has 0 spiro atoms. The number of methoxy groups -OCH3 is 1. The van der Waals surface area contributed by atoms with Crippen LogP contribution in [0.2, 0.25) is 0 Å². The SMILES string of the molecule is C=C(N)CCC(C)OC. The van der Waals surface area contributed by atoms with Gasteiger partial charge in [0.05, 0.1) is 6.10 Å². The van der Waals surface area contributed by atoms with Crippen LogP contribution < -0.4 is 5.73 Å². The van der Waals surface area contributed by atoms with E-state index in [0.717, 1.165) is 18.5 Å². The van der Waals surface area contributed by atoms with Gasteiger partial charge in [0.15, 0.2) is 0 Å². The van der Waals surface area contributed by atoms with E-state index in [1.807, 2.05) is 6.92 Å². The molecule has 0 aliphatic carbocycles. The summed E-state index contributed by atoms with van der Waals surface area (Å²) in [7, 11) is 1.70. The van der Waals surface area contributed by atoms with Crippen LogP contribution in [-0.2, 0) is 4.74 Å². The molecular formula is C7H15NO. The third kappa shape index (κ3) is 5.37. The molecule has 0 aromatic rings. The van der Waals surface area contributed by atoms with Gasteiger partial charge in [-0.2, -0.15) is 0 Å². The third-order valence-corrected chi connectivity index (χ3v) is 1.27. The first-order chi connectivity index (χ1) is 4.16. The van der Waals surface area contributed by atoms with Gasteiger partial charge in [-0.05, 0) is 19.8 Å². The molecule has 0 saturated carbocycles. The molecular weight excluding hydrogens is 114 g/mol. The number of ether oxygens (including phenoxy) is 1. The van der Waals surface area contributed by atoms with Gasteiger partial charge in [-0.1, -0.05) is 6.58 Å². The van der Waals surface area contributed by atoms with E-state index in [1.54, 1.807) is 7.11 Å². The predicted molar refractivity (Wildman–Crippen MR) is 39.0 cm³/mol. The van der Waals surface area contributed by atoms with E-state index in [0.29, 0.717) is 6.10 Å². The predicted octanol–water partition coefficient (Wildman–Crippen LogP) is 1.27. The monoisotopic (exact) mass is 129 g/mol. The average Bonchev–Trinajstić information content (AvgIpc) is 1.83. The second-order valence-corrected chi connectivity index (χ2v) is 2.24. The molecule has 0 aliphatic heterocycles. The van der Waals surface area contributed by atoms with E-state index in [1.165, 1.54) is 0 Å². The zero-order chi connectivity index (χ0) is 7.28. The zero-order valence-corrected chi connectivity index (χ0v) is 6.18. The number of rotatable bonds is 4. The van der Waals surface area contributed by atoms with Crippen molar-refractivity contribution in [1.29, 1.82) is 0 Å². The van der Waals surface area contributed by atoms with E-state index in [-0.39, 0.29) is 0 Å². The Kier molecular flexibility index (Phi) is 4.14. The van der Waals surface area contributed by atoms with Gasteiger partial charge in [0.25, 0.3) is 0 Å². The van der Waals surface area contributed by atoms with Crippen LogP contribution in [-0.4, -0.2) is 13.2 Å². The van der Waals surface area contributed by atoms with Crippen molar-refractivity contribution in [2.45, 2.75) is 25.9 Å². The summed E-state index contributed by atoms with van der Waals surface area (Å²) in [6.07, 6.45) is 2.12. The van der Waals surface area contributed by atoms with Crippen molar-refractivity contribution in [3.05, 3.63) is 12.3 Å². The molecule has 2 N–H and O–H groups in total. The Hall–Kier alpha value is -0.500. The fourth-order valence-electron chi connectivity index (χ4n) is 0.507. The summed E-state index contributed by atoms with van der Waals surface area (Å²) >= 11 is 0. The second-order valence-electron chi connectivity index (χ2n) is 2.24. The minimum absolute atomic E-state index is 0.297. The Balaban J connectivity index is 3.16. The minimum Gasteiger partial charge on any atom is -0.403 e. The van der Waals surface area contributed by atoms with Gasteiger partial charge in [0.2, 0.25) is 0 Å². The van der Waals surface area contributed by atoms with Crippen molar-refractivity contribution in [2.24, 2.45) is 5.73 Å². The largest absolute Gasteiger partial charge is 0.403 e. The average molecular weight is 129 g/mol. The summed E-state index contributed by atoms with van der Waals surface area (Å²) < 4.78 is 5.00. The van der Waals surface area contributed by atoms with Crippen molar-refractivity contribution in [1.82, 2.24) is 0 Å². The van der Waals surface area contributed by atoms with Crippen LogP contribution >= 0.6 is 0 Å². The highest BCUT2D eigenvalue weighted by atomic mass is 16.5. The molecule has 2 nitrogen and oxygen atoms in total. The minimum atomic E-state index is 0.297. The maximum absolute atomic E-state index is 5.35. The Bertz CT molecular complexity index is 90.9. The van der Waals surface area contributed by atoms with Crippen LogP contribution in [0.5, 0.6) is 0 Å². The first-order valence-corrected chi connectivity index (χ1v) is 3.13. The lowest BCUT2D eigenvalue weighted by Gasteiger charge is -2.07. The van der Waals surface area contributed by atoms with E-state index in [9.17, 15) is 0 Å². The van der Waals surface area contributed by atoms with Crippen LogP contribution in [0.4, 0.5) is 0 Å². The highest BCUT2D eigenvalue weighted by Crippen LogP contribution is 2.02. The molecule has 9 heavy (non-hydrogen) atoms. The van der Waals surface area contributed by atoms with Crippen molar-refractivity contribution in [3.63, 3.8) is 0 Å². The van der Waals surface area contributed by atoms with Gasteiger partial charge in [0.1, 0.15) is 0 Å². The fraction of sp³-hybridized carbons (Fsp3) is 0.714. The molecule has 0 aromatic carbocycles. The number of allylic oxidation sites excluding steroid dienone is 1. The van der Waals surface area contributed by atoms with Crippen LogP contribution in [0.25, 0.3) is 0 Å². The van der Waals surface area contributed by atoms with E-state index >= 15 is 0 Å². The lowest BCUT2D eigenvalue weighted by Crippen LogP contribution is -2.06. The molecule has 0 bridgehead atoms. The molecule has 1 unspecified atom stereocenters. The molecule has 0 aromatic heterocycles. The van der Waals surface area contributed by atoms with Crippen molar-refractivity contribution < 1.29 is 4.74 Å². The molecule has 0 aliphatic rings. The summed E-state index contributed by atoms with van der Waals surface area (Å²) in [6.45, 7) is 5.60. The zero-order valence-electron chi connectivity index (χ0n) is 6.18. The Morgan fingerprint density at radius 1 is 1.78 bits per heavy atom. The normalized spacial score (nSPS) is 13.1. The molecule has 0 saturated heterocycles. The van der Waals surface area contributed by atoms with Crippen LogP contribution in [0.15, 0.2) is 12.3 Å². The Morgan fingerprint density at radius 2 is 2.33 bits per heavy atom. The summed E-state index contributed by atoms with van der Waals surface area (Å²) in [5, 5.41) is 0. The molecule has 54 valence electrons. The van der Waals surface area contributed by atoms with Gasteiger partial charge in [-0.15, -0.1) is 0 Å². The highest BCUT2D eigenvalue weighted by molar-refractivity contribution is 4.85. The molecule has 0 amide bonds. The molecule has 2 heteroatoms. The van der Waals surface area contributed by atoms with Crippen molar-refractivity contribution >= 4 is 0 Å². The summed E-state index contributed by atoms with van der Waals surface area (Å²) in [5.74, 6) is 0. The Labute approximate surface area is 56.7 Å². The van der Waals surface area contributed by atoms with Gasteiger partial charge < -0.3 is 10.5 Å². The maximum atomic E-state index is 5.35. The topological polar surface area (TPSA) is 35.2 Å². The smallest absolute Gasteiger partial charge is 0.0546 e. The van der Waals surface area contributed by atoms with Gasteiger partial charge in [-0.3, -0.25) is 0 Å². The molecule has 0 fully saturated rings. The van der Waals surface area contributed by atoms with Crippen molar-refractivity contribution in [2.75, 3.05) is 7.11 Å². The standard InChI is InChI=1S/C7H15NO/c1-6(8)4-5-7(2)9-3/h7H,1,4-5,8H2,2-3H3. The van der Waals surface area contributed by atoms with E-state index in [4.69, 9.17) is 10.5 Å². The third-order valence-electron chi connectivity index (χ3n) is 1.27. The quantitative estimate of drug-likeness (QED) is 0.620. The maximum Gasteiger partial charge on any atom is 0.0546 e. The number of nitrogens with two attached hydrogens (primary N) is 1. The molecule has 0 heterocycles. The van der Waals surface area contributed by atoms with Crippen LogP contribution in [0, 0.1) is 0 Å². The van der Waals surface area contributed by atoms with E-state index < -0.39 is 0 Å². The first kappa shape index (κ1) is 8.50. The molecule has 0 radical (unpaired) electrons. The molecule has 1 atom stereocenters. The first-order valence-electron chi connectivity index (χ1n) is 3.13. The summed E-state index contributed by atoms with van der Waals surface area (Å²) in [4.78, 5) is 0. The summed E-state index contributed by atoms with van der Waals surface area (Å²) in [5.41, 5.74) is 6.08. The number of hydrogen-bond acceptors (Lipinski definition) is 2. The van der Waals surface area contributed by atoms with Crippen molar-refractivity contribution in [3.8, 4) is 0 Å². The summed E-state index contributed by atoms with van der Waals surface area (Å²) in [6, 6.07) is 0. The van der Waals surface area contributed by atoms with Crippen LogP contribution in [0.1, 0.15) is 19.8 Å². The lowest BCUT2D eigenvalue weighted by atomic mass is 10.2. The van der Waals surface area contributed by atoms with Gasteiger partial charge >= 0.3 is 0 Å². The fourth-order valence-corrected chi connectivity index (χ4v) is 0.507. The lowest BCUT2D eigenvalue weighted by molar-refractivity contribution is 0.111. The van der Waals surface area contributed by atoms with Crippen LogP contribution in [0.3, 0.4) is 0 Å². The van der Waals surface area contributed by atoms with E-state index in [2.05, 4.69) is 6.58 Å². The second kappa shape index (κ2) is 4.39. The molecule has 0 rings (SSSR count). The van der Waals surface area contributed by atoms with Gasteiger partial charge in [0, 0.05) is 12.8 Å². The number of hydrogen-bond donors (Lipinski definition) is 1. The Morgan fingerprint density at radius 3 is 2.67 bits per heavy atom. The van der Waals surface area contributed by atoms with Gasteiger partial charge in [-0.25, -0.2) is 0 Å².